The molecule has 0 aromatic carbocycles. The fraction of sp³-hybridized carbons (Fsp3) is 1.00. The van der Waals surface area contributed by atoms with Gasteiger partial charge in [0.25, 0.3) is 0 Å². The smallest absolute Gasteiger partial charge is 0.303 e. The van der Waals surface area contributed by atoms with Crippen molar-refractivity contribution in [1.82, 2.24) is 0 Å². The Kier molecular flexibility index (Phi) is 21.2. The molecule has 0 saturated carbocycles. The molecule has 21 heavy (non-hydrogen) atoms. The first-order chi connectivity index (χ1) is 9.41. The normalized spacial score (nSPS) is 11.0. The zero-order chi connectivity index (χ0) is 17.4. The highest BCUT2D eigenvalue weighted by atomic mass is 32.2. The SMILES string of the molecule is CCCCCCCCSOO.O=P(O)(O)O.O=P(O)(O)O. The summed E-state index contributed by atoms with van der Waals surface area (Å²) in [5.41, 5.74) is 0. The molecule has 10 nitrogen and oxygen atoms in total. The van der Waals surface area contributed by atoms with Crippen LogP contribution in [0.2, 0.25) is 0 Å². The molecule has 7 N–H and O–H groups in total. The van der Waals surface area contributed by atoms with Crippen LogP contribution >= 0.6 is 27.7 Å². The third kappa shape index (κ3) is 97.2. The van der Waals surface area contributed by atoms with Crippen LogP contribution in [0.15, 0.2) is 0 Å². The molecular weight excluding hydrogens is 350 g/mol. The molecule has 0 unspecified atom stereocenters. The predicted molar refractivity (Wildman–Crippen MR) is 78.1 cm³/mol. The van der Waals surface area contributed by atoms with E-state index in [9.17, 15) is 0 Å². The van der Waals surface area contributed by atoms with Crippen LogP contribution in [0.1, 0.15) is 45.4 Å². The molecule has 0 bridgehead atoms. The van der Waals surface area contributed by atoms with Crippen LogP contribution in [0.4, 0.5) is 0 Å². The van der Waals surface area contributed by atoms with Crippen LogP contribution in [0.5, 0.6) is 0 Å². The van der Waals surface area contributed by atoms with Gasteiger partial charge >= 0.3 is 15.6 Å². The summed E-state index contributed by atoms with van der Waals surface area (Å²) in [6, 6.07) is 0. The van der Waals surface area contributed by atoms with E-state index in [1.165, 1.54) is 32.1 Å². The Hall–Kier alpha value is 0.490. The lowest BCUT2D eigenvalue weighted by molar-refractivity contribution is -0.116. The van der Waals surface area contributed by atoms with Crippen LogP contribution in [-0.4, -0.2) is 40.4 Å². The highest BCUT2D eigenvalue weighted by Crippen LogP contribution is 2.26. The van der Waals surface area contributed by atoms with Crippen molar-refractivity contribution in [2.75, 3.05) is 5.75 Å². The number of hydrogen-bond donors (Lipinski definition) is 7. The molecule has 0 spiro atoms. The molecule has 0 rings (SSSR count). The van der Waals surface area contributed by atoms with E-state index in [0.717, 1.165) is 24.2 Å². The van der Waals surface area contributed by atoms with E-state index in [4.69, 9.17) is 43.7 Å². The summed E-state index contributed by atoms with van der Waals surface area (Å²) in [4.78, 5) is 43.1. The van der Waals surface area contributed by atoms with E-state index in [1.54, 1.807) is 0 Å². The number of hydrogen-bond acceptors (Lipinski definition) is 5. The van der Waals surface area contributed by atoms with Crippen molar-refractivity contribution in [3.63, 3.8) is 0 Å². The Morgan fingerprint density at radius 3 is 1.48 bits per heavy atom. The molecule has 0 saturated heterocycles. The second kappa shape index (κ2) is 16.9. The minimum absolute atomic E-state index is 0.905. The van der Waals surface area contributed by atoms with E-state index >= 15 is 0 Å². The highest BCUT2D eigenvalue weighted by molar-refractivity contribution is 7.94. The maximum Gasteiger partial charge on any atom is 0.466 e. The Morgan fingerprint density at radius 1 is 0.810 bits per heavy atom. The average molecular weight is 374 g/mol. The summed E-state index contributed by atoms with van der Waals surface area (Å²) in [6.07, 6.45) is 7.73. The van der Waals surface area contributed by atoms with Gasteiger partial charge in [-0.1, -0.05) is 39.0 Å². The second-order valence-electron chi connectivity index (χ2n) is 3.69. The minimum atomic E-state index is -4.64. The second-order valence-corrected chi connectivity index (χ2v) is 6.54. The number of phosphoric acid groups is 2. The first kappa shape index (κ1) is 26.4. The molecule has 132 valence electrons. The van der Waals surface area contributed by atoms with Crippen LogP contribution < -0.4 is 0 Å². The lowest BCUT2D eigenvalue weighted by Gasteiger charge is -1.97. The fourth-order valence-corrected chi connectivity index (χ4v) is 1.38. The Labute approximate surface area is 127 Å². The van der Waals surface area contributed by atoms with Crippen molar-refractivity contribution in [3.8, 4) is 0 Å². The summed E-state index contributed by atoms with van der Waals surface area (Å²) in [6.45, 7) is 2.22. The molecule has 0 amide bonds. The molecule has 0 aromatic rings. The first-order valence-electron chi connectivity index (χ1n) is 5.91. The average Bonchev–Trinajstić information content (AvgIpc) is 2.23. The van der Waals surface area contributed by atoms with Gasteiger partial charge in [0.2, 0.25) is 0 Å². The summed E-state index contributed by atoms with van der Waals surface area (Å²) < 4.78 is 21.7. The fourth-order valence-electron chi connectivity index (χ4n) is 0.979. The van der Waals surface area contributed by atoms with E-state index in [0.29, 0.717) is 0 Å². The molecule has 0 atom stereocenters. The van der Waals surface area contributed by atoms with Gasteiger partial charge in [-0.15, -0.1) is 0 Å². The predicted octanol–water partition coefficient (Wildman–Crippen LogP) is 1.63. The van der Waals surface area contributed by atoms with Crippen molar-refractivity contribution in [2.24, 2.45) is 0 Å². The van der Waals surface area contributed by atoms with Crippen molar-refractivity contribution in [1.29, 1.82) is 0 Å². The van der Waals surface area contributed by atoms with Gasteiger partial charge in [0.05, 0.1) is 0 Å². The van der Waals surface area contributed by atoms with Crippen molar-refractivity contribution >= 4 is 27.7 Å². The summed E-state index contributed by atoms with van der Waals surface area (Å²) in [5.74, 6) is 0.905. The standard InChI is InChI=1S/C8H18O2S.2H3O4P/c1-2-3-4-5-6-7-8-11-10-9;2*1-5(2,3)4/h9H,2-8H2,1H3;2*(H3,1,2,3,4). The molecule has 0 radical (unpaired) electrons. The summed E-state index contributed by atoms with van der Waals surface area (Å²) >= 11 is 1.13. The Balaban J connectivity index is -0.000000270. The van der Waals surface area contributed by atoms with Gasteiger partial charge in [-0.2, -0.15) is 4.33 Å². The van der Waals surface area contributed by atoms with Crippen LogP contribution in [0.25, 0.3) is 0 Å². The van der Waals surface area contributed by atoms with E-state index in [2.05, 4.69) is 11.3 Å². The Morgan fingerprint density at radius 2 is 1.14 bits per heavy atom. The lowest BCUT2D eigenvalue weighted by Crippen LogP contribution is -1.82. The highest BCUT2D eigenvalue weighted by Gasteiger charge is 2.00. The van der Waals surface area contributed by atoms with Gasteiger partial charge in [-0.3, -0.25) is 0 Å². The monoisotopic (exact) mass is 374 g/mol. The third-order valence-corrected chi connectivity index (χ3v) is 2.19. The molecule has 0 aliphatic carbocycles. The topological polar surface area (TPSA) is 185 Å². The lowest BCUT2D eigenvalue weighted by atomic mass is 10.1. The number of unbranched alkanes of at least 4 members (excludes halogenated alkanes) is 5. The van der Waals surface area contributed by atoms with Gasteiger partial charge in [-0.25, -0.2) is 14.4 Å². The van der Waals surface area contributed by atoms with Crippen molar-refractivity contribution in [2.45, 2.75) is 45.4 Å². The molecule has 0 aliphatic rings. The van der Waals surface area contributed by atoms with E-state index in [-0.39, 0.29) is 0 Å². The van der Waals surface area contributed by atoms with Crippen LogP contribution in [-0.2, 0) is 13.5 Å². The number of rotatable bonds is 8. The summed E-state index contributed by atoms with van der Waals surface area (Å²) in [5, 5.41) is 7.97. The van der Waals surface area contributed by atoms with Gasteiger partial charge in [0.15, 0.2) is 0 Å². The minimum Gasteiger partial charge on any atom is -0.303 e. The van der Waals surface area contributed by atoms with Gasteiger partial charge in [-0.05, 0) is 6.42 Å². The van der Waals surface area contributed by atoms with E-state index < -0.39 is 15.6 Å². The maximum atomic E-state index is 8.88. The quantitative estimate of drug-likeness (QED) is 0.108. The maximum absolute atomic E-state index is 8.88. The van der Waals surface area contributed by atoms with Gasteiger partial charge in [0, 0.05) is 17.8 Å². The molecule has 0 heterocycles. The van der Waals surface area contributed by atoms with Crippen LogP contribution in [0, 0.1) is 0 Å². The first-order valence-corrected chi connectivity index (χ1v) is 9.95. The molecule has 13 heteroatoms. The Bertz CT molecular complexity index is 246. The van der Waals surface area contributed by atoms with Gasteiger partial charge in [0.1, 0.15) is 0 Å². The third-order valence-electron chi connectivity index (χ3n) is 1.63. The summed E-state index contributed by atoms with van der Waals surface area (Å²) in [7, 11) is -9.28. The zero-order valence-electron chi connectivity index (χ0n) is 11.6. The molecule has 0 fully saturated rings. The molecule has 0 aromatic heterocycles. The molecular formula is C8H24O10P2S. The van der Waals surface area contributed by atoms with Crippen molar-refractivity contribution in [3.05, 3.63) is 0 Å². The van der Waals surface area contributed by atoms with Crippen LogP contribution in [0.3, 0.4) is 0 Å². The largest absolute Gasteiger partial charge is 0.466 e. The molecule has 0 aliphatic heterocycles. The van der Waals surface area contributed by atoms with Crippen molar-refractivity contribution < 1.29 is 48.1 Å². The van der Waals surface area contributed by atoms with E-state index in [1.807, 2.05) is 0 Å². The van der Waals surface area contributed by atoms with Gasteiger partial charge < -0.3 is 29.4 Å². The zero-order valence-corrected chi connectivity index (χ0v) is 14.2.